The lowest BCUT2D eigenvalue weighted by molar-refractivity contribution is 0.170. The molecule has 0 saturated carbocycles. The highest BCUT2D eigenvalue weighted by molar-refractivity contribution is 7.09. The summed E-state index contributed by atoms with van der Waals surface area (Å²) in [6.07, 6.45) is 0.927. The van der Waals surface area contributed by atoms with E-state index in [4.69, 9.17) is 0 Å². The topological polar surface area (TPSA) is 61.4 Å². The number of aliphatic hydroxyl groups excluding tert-OH is 1. The number of amides is 2. The molecule has 0 spiro atoms. The van der Waals surface area contributed by atoms with Crippen molar-refractivity contribution in [3.05, 3.63) is 58.3 Å². The number of benzene rings is 1. The van der Waals surface area contributed by atoms with Gasteiger partial charge in [-0.2, -0.15) is 0 Å². The van der Waals surface area contributed by atoms with Crippen LogP contribution in [0.3, 0.4) is 0 Å². The third-order valence-electron chi connectivity index (χ3n) is 3.55. The van der Waals surface area contributed by atoms with Crippen molar-refractivity contribution < 1.29 is 9.90 Å². The number of thiophene rings is 1. The maximum absolute atomic E-state index is 11.8. The SMILES string of the molecule is CC(CNC(=O)NCC(O)Cc1ccccc1)Cc1cccs1. The Kier molecular flexibility index (Phi) is 7.10. The maximum Gasteiger partial charge on any atom is 0.314 e. The first kappa shape index (κ1) is 17.5. The van der Waals surface area contributed by atoms with Gasteiger partial charge in [-0.3, -0.25) is 0 Å². The van der Waals surface area contributed by atoms with Crippen LogP contribution in [0.1, 0.15) is 17.4 Å². The summed E-state index contributed by atoms with van der Waals surface area (Å²) >= 11 is 1.74. The van der Waals surface area contributed by atoms with Crippen LogP contribution in [-0.4, -0.2) is 30.3 Å². The van der Waals surface area contributed by atoms with Crippen molar-refractivity contribution in [1.82, 2.24) is 10.6 Å². The highest BCUT2D eigenvalue weighted by Gasteiger charge is 2.09. The van der Waals surface area contributed by atoms with Crippen LogP contribution in [0.4, 0.5) is 4.79 Å². The molecule has 0 aliphatic heterocycles. The van der Waals surface area contributed by atoms with E-state index in [9.17, 15) is 9.90 Å². The van der Waals surface area contributed by atoms with Crippen LogP contribution < -0.4 is 10.6 Å². The molecule has 2 rings (SSSR count). The van der Waals surface area contributed by atoms with Crippen molar-refractivity contribution >= 4 is 17.4 Å². The number of hydrogen-bond donors (Lipinski definition) is 3. The van der Waals surface area contributed by atoms with Crippen LogP contribution >= 0.6 is 11.3 Å². The highest BCUT2D eigenvalue weighted by atomic mass is 32.1. The van der Waals surface area contributed by atoms with Crippen molar-refractivity contribution in [3.8, 4) is 0 Å². The van der Waals surface area contributed by atoms with Crippen LogP contribution in [0.25, 0.3) is 0 Å². The van der Waals surface area contributed by atoms with Crippen LogP contribution in [0, 0.1) is 5.92 Å². The van der Waals surface area contributed by atoms with E-state index in [0.29, 0.717) is 18.9 Å². The number of carbonyl (C=O) groups is 1. The fourth-order valence-corrected chi connectivity index (χ4v) is 3.21. The van der Waals surface area contributed by atoms with Gasteiger partial charge < -0.3 is 15.7 Å². The van der Waals surface area contributed by atoms with E-state index in [1.165, 1.54) is 4.88 Å². The van der Waals surface area contributed by atoms with Gasteiger partial charge in [0.15, 0.2) is 0 Å². The fraction of sp³-hybridized carbons (Fsp3) is 0.389. The minimum absolute atomic E-state index is 0.227. The lowest BCUT2D eigenvalue weighted by Crippen LogP contribution is -2.41. The van der Waals surface area contributed by atoms with Gasteiger partial charge in [-0.25, -0.2) is 4.79 Å². The molecule has 2 unspecified atom stereocenters. The molecular formula is C18H24N2O2S. The molecule has 2 atom stereocenters. The van der Waals surface area contributed by atoms with E-state index >= 15 is 0 Å². The minimum atomic E-state index is -0.577. The van der Waals surface area contributed by atoms with E-state index in [1.807, 2.05) is 36.4 Å². The van der Waals surface area contributed by atoms with Crippen LogP contribution in [0.5, 0.6) is 0 Å². The maximum atomic E-state index is 11.8. The molecule has 23 heavy (non-hydrogen) atoms. The van der Waals surface area contributed by atoms with E-state index in [1.54, 1.807) is 11.3 Å². The molecule has 5 heteroatoms. The molecule has 4 nitrogen and oxygen atoms in total. The number of hydrogen-bond acceptors (Lipinski definition) is 3. The van der Waals surface area contributed by atoms with Crippen molar-refractivity contribution in [3.63, 3.8) is 0 Å². The second kappa shape index (κ2) is 9.33. The van der Waals surface area contributed by atoms with Gasteiger partial charge >= 0.3 is 6.03 Å². The summed E-state index contributed by atoms with van der Waals surface area (Å²) in [7, 11) is 0. The van der Waals surface area contributed by atoms with Crippen molar-refractivity contribution in [2.24, 2.45) is 5.92 Å². The van der Waals surface area contributed by atoms with Crippen LogP contribution in [0.2, 0.25) is 0 Å². The average Bonchev–Trinajstić information content (AvgIpc) is 3.05. The number of carbonyl (C=O) groups excluding carboxylic acids is 1. The standard InChI is InChI=1S/C18H24N2O2S/c1-14(10-17-8-5-9-23-17)12-19-18(22)20-13-16(21)11-15-6-3-2-4-7-15/h2-9,14,16,21H,10-13H2,1H3,(H2,19,20,22). The normalized spacial score (nSPS) is 13.3. The first-order valence-corrected chi connectivity index (χ1v) is 8.77. The van der Waals surface area contributed by atoms with Crippen LogP contribution in [0.15, 0.2) is 47.8 Å². The molecule has 0 aliphatic carbocycles. The van der Waals surface area contributed by atoms with Gasteiger partial charge in [-0.05, 0) is 29.3 Å². The second-order valence-electron chi connectivity index (χ2n) is 5.82. The molecule has 3 N–H and O–H groups in total. The van der Waals surface area contributed by atoms with Gasteiger partial charge in [0, 0.05) is 24.4 Å². The number of nitrogens with one attached hydrogen (secondary N) is 2. The van der Waals surface area contributed by atoms with Crippen molar-refractivity contribution in [2.75, 3.05) is 13.1 Å². The predicted octanol–water partition coefficient (Wildman–Crippen LogP) is 2.83. The predicted molar refractivity (Wildman–Crippen MR) is 94.7 cm³/mol. The largest absolute Gasteiger partial charge is 0.391 e. The lowest BCUT2D eigenvalue weighted by Gasteiger charge is -2.15. The van der Waals surface area contributed by atoms with Gasteiger partial charge in [0.25, 0.3) is 0 Å². The Bertz CT molecular complexity index is 572. The van der Waals surface area contributed by atoms with E-state index < -0.39 is 6.10 Å². The Balaban J connectivity index is 1.61. The molecule has 2 amide bonds. The summed E-state index contributed by atoms with van der Waals surface area (Å²) in [4.78, 5) is 13.1. The highest BCUT2D eigenvalue weighted by Crippen LogP contribution is 2.13. The zero-order valence-electron chi connectivity index (χ0n) is 13.4. The molecule has 0 aliphatic rings. The Morgan fingerprint density at radius 2 is 1.83 bits per heavy atom. The van der Waals surface area contributed by atoms with Crippen molar-refractivity contribution in [2.45, 2.75) is 25.9 Å². The molecule has 1 aromatic heterocycles. The quantitative estimate of drug-likeness (QED) is 0.696. The number of urea groups is 1. The van der Waals surface area contributed by atoms with Gasteiger partial charge in [-0.15, -0.1) is 11.3 Å². The van der Waals surface area contributed by atoms with Gasteiger partial charge in [0.2, 0.25) is 0 Å². The van der Waals surface area contributed by atoms with Gasteiger partial charge in [-0.1, -0.05) is 43.3 Å². The first-order valence-electron chi connectivity index (χ1n) is 7.89. The van der Waals surface area contributed by atoms with E-state index in [0.717, 1.165) is 12.0 Å². The zero-order valence-corrected chi connectivity index (χ0v) is 14.2. The molecule has 0 bridgehead atoms. The molecule has 124 valence electrons. The van der Waals surface area contributed by atoms with Crippen molar-refractivity contribution in [1.29, 1.82) is 0 Å². The van der Waals surface area contributed by atoms with E-state index in [-0.39, 0.29) is 12.6 Å². The second-order valence-corrected chi connectivity index (χ2v) is 6.86. The Labute approximate surface area is 141 Å². The smallest absolute Gasteiger partial charge is 0.314 e. The lowest BCUT2D eigenvalue weighted by atomic mass is 10.1. The third-order valence-corrected chi connectivity index (χ3v) is 4.45. The summed E-state index contributed by atoms with van der Waals surface area (Å²) < 4.78 is 0. The number of aliphatic hydroxyl groups is 1. The Morgan fingerprint density at radius 1 is 1.09 bits per heavy atom. The molecule has 2 aromatic rings. The Morgan fingerprint density at radius 3 is 2.52 bits per heavy atom. The molecule has 0 saturated heterocycles. The zero-order chi connectivity index (χ0) is 16.5. The monoisotopic (exact) mass is 332 g/mol. The van der Waals surface area contributed by atoms with E-state index in [2.05, 4.69) is 29.0 Å². The average molecular weight is 332 g/mol. The summed E-state index contributed by atoms with van der Waals surface area (Å²) in [6.45, 7) is 2.99. The summed E-state index contributed by atoms with van der Waals surface area (Å²) in [5, 5.41) is 17.6. The molecule has 1 heterocycles. The fourth-order valence-electron chi connectivity index (χ4n) is 2.34. The van der Waals surface area contributed by atoms with Gasteiger partial charge in [0.05, 0.1) is 6.10 Å². The summed E-state index contributed by atoms with van der Waals surface area (Å²) in [5.41, 5.74) is 1.06. The third kappa shape index (κ3) is 6.84. The van der Waals surface area contributed by atoms with Gasteiger partial charge in [0.1, 0.15) is 0 Å². The summed E-state index contributed by atoms with van der Waals surface area (Å²) in [6, 6.07) is 13.7. The molecule has 0 radical (unpaired) electrons. The summed E-state index contributed by atoms with van der Waals surface area (Å²) in [5.74, 6) is 0.383. The minimum Gasteiger partial charge on any atom is -0.391 e. The Hall–Kier alpha value is -1.85. The molecule has 1 aromatic carbocycles. The molecule has 0 fully saturated rings. The first-order chi connectivity index (χ1) is 11.1. The number of rotatable bonds is 8. The molecular weight excluding hydrogens is 308 g/mol. The van der Waals surface area contributed by atoms with Crippen LogP contribution in [-0.2, 0) is 12.8 Å².